The fourth-order valence-electron chi connectivity index (χ4n) is 3.85. The molecule has 2 N–H and O–H groups in total. The third-order valence-corrected chi connectivity index (χ3v) is 5.12. The molecule has 1 unspecified atom stereocenters. The fourth-order valence-corrected chi connectivity index (χ4v) is 3.85. The molecular formula is C22H23N3O3. The van der Waals surface area contributed by atoms with Gasteiger partial charge in [0.15, 0.2) is 0 Å². The van der Waals surface area contributed by atoms with Crippen LogP contribution in [-0.2, 0) is 9.59 Å². The van der Waals surface area contributed by atoms with Crippen LogP contribution in [0.2, 0.25) is 0 Å². The molecule has 6 nitrogen and oxygen atoms in total. The number of hydrogen-bond acceptors (Lipinski definition) is 3. The van der Waals surface area contributed by atoms with Crippen molar-refractivity contribution in [3.05, 3.63) is 64.7 Å². The van der Waals surface area contributed by atoms with Crippen LogP contribution in [0.25, 0.3) is 0 Å². The van der Waals surface area contributed by atoms with E-state index in [1.807, 2.05) is 44.2 Å². The third kappa shape index (κ3) is 3.50. The Morgan fingerprint density at radius 2 is 1.75 bits per heavy atom. The Labute approximate surface area is 163 Å². The molecule has 2 aromatic carbocycles. The average molecular weight is 377 g/mol. The van der Waals surface area contributed by atoms with Gasteiger partial charge in [0.1, 0.15) is 6.04 Å². The highest BCUT2D eigenvalue weighted by molar-refractivity contribution is 6.05. The first kappa shape index (κ1) is 18.2. The van der Waals surface area contributed by atoms with Crippen LogP contribution in [0.1, 0.15) is 45.9 Å². The number of carbonyl (C=O) groups is 3. The molecule has 0 radical (unpaired) electrons. The molecule has 1 fully saturated rings. The number of amides is 3. The third-order valence-electron chi connectivity index (χ3n) is 5.12. The lowest BCUT2D eigenvalue weighted by atomic mass is 10.0. The number of rotatable bonds is 5. The standard InChI is InChI=1S/C22H23N3O3/c1-13-9-14(2)11-15(10-13)24-19(26)12-23-21(27)20-17-5-3-4-6-18(17)22(28)25(20)16-7-8-16/h3-6,9-11,16,20H,7-8,12H2,1-2H3,(H,23,27)(H,24,26). The van der Waals surface area contributed by atoms with E-state index in [-0.39, 0.29) is 30.3 Å². The van der Waals surface area contributed by atoms with E-state index in [1.54, 1.807) is 17.0 Å². The van der Waals surface area contributed by atoms with Crippen molar-refractivity contribution in [2.24, 2.45) is 0 Å². The van der Waals surface area contributed by atoms with Crippen molar-refractivity contribution in [1.29, 1.82) is 0 Å². The van der Waals surface area contributed by atoms with E-state index in [1.165, 1.54) is 0 Å². The van der Waals surface area contributed by atoms with Gasteiger partial charge in [-0.15, -0.1) is 0 Å². The predicted octanol–water partition coefficient (Wildman–Crippen LogP) is 2.72. The molecule has 2 aliphatic rings. The molecule has 3 amide bonds. The van der Waals surface area contributed by atoms with Crippen molar-refractivity contribution in [3.8, 4) is 0 Å². The Morgan fingerprint density at radius 1 is 1.07 bits per heavy atom. The summed E-state index contributed by atoms with van der Waals surface area (Å²) in [7, 11) is 0. The molecule has 0 spiro atoms. The minimum atomic E-state index is -0.662. The smallest absolute Gasteiger partial charge is 0.255 e. The van der Waals surface area contributed by atoms with E-state index >= 15 is 0 Å². The Balaban J connectivity index is 1.44. The molecule has 28 heavy (non-hydrogen) atoms. The highest BCUT2D eigenvalue weighted by Gasteiger charge is 2.47. The number of hydrogen-bond donors (Lipinski definition) is 2. The quantitative estimate of drug-likeness (QED) is 0.841. The van der Waals surface area contributed by atoms with Crippen LogP contribution in [0.3, 0.4) is 0 Å². The summed E-state index contributed by atoms with van der Waals surface area (Å²) >= 11 is 0. The minimum absolute atomic E-state index is 0.0991. The topological polar surface area (TPSA) is 78.5 Å². The summed E-state index contributed by atoms with van der Waals surface area (Å²) < 4.78 is 0. The molecule has 0 bridgehead atoms. The highest BCUT2D eigenvalue weighted by atomic mass is 16.2. The number of nitrogens with one attached hydrogen (secondary N) is 2. The fraction of sp³-hybridized carbons (Fsp3) is 0.318. The molecular weight excluding hydrogens is 354 g/mol. The molecule has 1 saturated carbocycles. The second-order valence-electron chi connectivity index (χ2n) is 7.58. The van der Waals surface area contributed by atoms with Crippen molar-refractivity contribution < 1.29 is 14.4 Å². The summed E-state index contributed by atoms with van der Waals surface area (Å²) in [5.41, 5.74) is 4.11. The van der Waals surface area contributed by atoms with Gasteiger partial charge in [-0.05, 0) is 61.6 Å². The maximum Gasteiger partial charge on any atom is 0.255 e. The van der Waals surface area contributed by atoms with Crippen molar-refractivity contribution in [1.82, 2.24) is 10.2 Å². The molecule has 0 saturated heterocycles. The molecule has 1 aliphatic carbocycles. The van der Waals surface area contributed by atoms with Crippen molar-refractivity contribution in [2.75, 3.05) is 11.9 Å². The van der Waals surface area contributed by atoms with E-state index < -0.39 is 6.04 Å². The predicted molar refractivity (Wildman–Crippen MR) is 106 cm³/mol. The zero-order chi connectivity index (χ0) is 19.8. The van der Waals surface area contributed by atoms with Crippen molar-refractivity contribution in [3.63, 3.8) is 0 Å². The van der Waals surface area contributed by atoms with Crippen LogP contribution < -0.4 is 10.6 Å². The highest BCUT2D eigenvalue weighted by Crippen LogP contribution is 2.41. The lowest BCUT2D eigenvalue weighted by Gasteiger charge is -2.24. The summed E-state index contributed by atoms with van der Waals surface area (Å²) in [4.78, 5) is 39.5. The molecule has 6 heteroatoms. The van der Waals surface area contributed by atoms with Gasteiger partial charge in [-0.2, -0.15) is 0 Å². The van der Waals surface area contributed by atoms with Crippen LogP contribution in [0.15, 0.2) is 42.5 Å². The molecule has 0 aromatic heterocycles. The van der Waals surface area contributed by atoms with E-state index in [0.717, 1.165) is 24.0 Å². The summed E-state index contributed by atoms with van der Waals surface area (Å²) in [6, 6.07) is 12.4. The maximum absolute atomic E-state index is 12.9. The van der Waals surface area contributed by atoms with Crippen LogP contribution in [0.5, 0.6) is 0 Å². The number of carbonyl (C=O) groups excluding carboxylic acids is 3. The van der Waals surface area contributed by atoms with Gasteiger partial charge in [0.25, 0.3) is 5.91 Å². The van der Waals surface area contributed by atoms with Gasteiger partial charge in [0.05, 0.1) is 6.54 Å². The Morgan fingerprint density at radius 3 is 2.43 bits per heavy atom. The maximum atomic E-state index is 12.9. The minimum Gasteiger partial charge on any atom is -0.345 e. The monoisotopic (exact) mass is 377 g/mol. The van der Waals surface area contributed by atoms with Crippen molar-refractivity contribution >= 4 is 23.4 Å². The number of anilines is 1. The Kier molecular flexibility index (Phi) is 4.63. The number of fused-ring (bicyclic) bond motifs is 1. The van der Waals surface area contributed by atoms with Crippen LogP contribution in [0, 0.1) is 13.8 Å². The van der Waals surface area contributed by atoms with Gasteiger partial charge >= 0.3 is 0 Å². The van der Waals surface area contributed by atoms with E-state index in [4.69, 9.17) is 0 Å². The van der Waals surface area contributed by atoms with Gasteiger partial charge in [-0.1, -0.05) is 24.3 Å². The summed E-state index contributed by atoms with van der Waals surface area (Å²) in [5.74, 6) is -0.715. The van der Waals surface area contributed by atoms with Gasteiger partial charge in [-0.25, -0.2) is 0 Å². The molecule has 1 aliphatic heterocycles. The van der Waals surface area contributed by atoms with Crippen LogP contribution in [0.4, 0.5) is 5.69 Å². The van der Waals surface area contributed by atoms with E-state index in [2.05, 4.69) is 10.6 Å². The largest absolute Gasteiger partial charge is 0.345 e. The van der Waals surface area contributed by atoms with Gasteiger partial charge in [-0.3, -0.25) is 14.4 Å². The van der Waals surface area contributed by atoms with Gasteiger partial charge in [0.2, 0.25) is 11.8 Å². The Bertz CT molecular complexity index is 945. The zero-order valence-electron chi connectivity index (χ0n) is 16.0. The summed E-state index contributed by atoms with van der Waals surface area (Å²) in [5, 5.41) is 5.51. The first-order valence-electron chi connectivity index (χ1n) is 9.51. The first-order chi connectivity index (χ1) is 13.4. The molecule has 1 atom stereocenters. The van der Waals surface area contributed by atoms with Crippen molar-refractivity contribution in [2.45, 2.75) is 38.8 Å². The van der Waals surface area contributed by atoms with E-state index in [0.29, 0.717) is 16.8 Å². The number of benzene rings is 2. The first-order valence-corrected chi connectivity index (χ1v) is 9.51. The summed E-state index contributed by atoms with van der Waals surface area (Å²) in [6.45, 7) is 3.79. The van der Waals surface area contributed by atoms with Gasteiger partial charge < -0.3 is 15.5 Å². The molecule has 4 rings (SSSR count). The second-order valence-corrected chi connectivity index (χ2v) is 7.58. The van der Waals surface area contributed by atoms with Crippen LogP contribution >= 0.6 is 0 Å². The number of aryl methyl sites for hydroxylation is 2. The van der Waals surface area contributed by atoms with Gasteiger partial charge in [0, 0.05) is 17.3 Å². The average Bonchev–Trinajstić information content (AvgIpc) is 3.43. The van der Waals surface area contributed by atoms with E-state index in [9.17, 15) is 14.4 Å². The summed E-state index contributed by atoms with van der Waals surface area (Å²) in [6.07, 6.45) is 1.83. The lowest BCUT2D eigenvalue weighted by Crippen LogP contribution is -2.42. The zero-order valence-corrected chi connectivity index (χ0v) is 16.0. The lowest BCUT2D eigenvalue weighted by molar-refractivity contribution is -0.127. The Hall–Kier alpha value is -3.15. The number of nitrogens with zero attached hydrogens (tertiary/aromatic N) is 1. The van der Waals surface area contributed by atoms with Crippen LogP contribution in [-0.4, -0.2) is 35.2 Å². The SMILES string of the molecule is Cc1cc(C)cc(NC(=O)CNC(=O)C2c3ccccc3C(=O)N2C2CC2)c1. The molecule has 1 heterocycles. The molecule has 2 aromatic rings. The second kappa shape index (κ2) is 7.11. The molecule has 144 valence electrons. The normalized spacial score (nSPS) is 18.0.